The van der Waals surface area contributed by atoms with Gasteiger partial charge < -0.3 is 13.4 Å². The number of fused-ring (bicyclic) bond motifs is 9. The van der Waals surface area contributed by atoms with E-state index in [2.05, 4.69) is 148 Å². The molecule has 0 saturated heterocycles. The standard InChI is InChI=1S/C32H23NO.C13H10O.C3H8/c1-20-9-3-4-10-23(20)26-19-27-24-11-5-7-13-29(24)33(30(27)17-21(26)2)22-15-16-32-28(18-22)25-12-6-8-14-31(25)34-32;1-9-6-7-13-11(8-9)10-4-2-3-5-12(10)14-13;1-3-2/h3-19H,1-2H3;2-8H,1H3;3H2,1-2H3. The Balaban J connectivity index is 0.000000182. The van der Waals surface area contributed by atoms with Crippen molar-refractivity contribution in [3.8, 4) is 16.8 Å². The molecule has 3 heteroatoms. The average molecular weight is 664 g/mol. The van der Waals surface area contributed by atoms with Gasteiger partial charge in [-0.15, -0.1) is 0 Å². The monoisotopic (exact) mass is 663 g/mol. The first-order valence-corrected chi connectivity index (χ1v) is 17.8. The lowest BCUT2D eigenvalue weighted by Gasteiger charge is -2.12. The van der Waals surface area contributed by atoms with Crippen LogP contribution in [-0.4, -0.2) is 4.57 Å². The molecule has 0 atom stereocenters. The highest BCUT2D eigenvalue weighted by molar-refractivity contribution is 6.12. The Morgan fingerprint density at radius 3 is 1.65 bits per heavy atom. The molecule has 0 saturated carbocycles. The Morgan fingerprint density at radius 2 is 0.961 bits per heavy atom. The molecule has 0 aliphatic heterocycles. The maximum Gasteiger partial charge on any atom is 0.135 e. The van der Waals surface area contributed by atoms with Crippen LogP contribution in [0.5, 0.6) is 0 Å². The van der Waals surface area contributed by atoms with Crippen molar-refractivity contribution in [1.29, 1.82) is 0 Å². The molecule has 3 nitrogen and oxygen atoms in total. The van der Waals surface area contributed by atoms with Crippen LogP contribution in [0.15, 0.2) is 154 Å². The Morgan fingerprint density at radius 1 is 0.412 bits per heavy atom. The fourth-order valence-electron chi connectivity index (χ4n) is 7.26. The third kappa shape index (κ3) is 5.75. The number of rotatable bonds is 2. The fourth-order valence-corrected chi connectivity index (χ4v) is 7.26. The predicted octanol–water partition coefficient (Wildman–Crippen LogP) is 14.3. The highest BCUT2D eigenvalue weighted by atomic mass is 16.3. The summed E-state index contributed by atoms with van der Waals surface area (Å²) in [5.41, 5.74) is 13.8. The van der Waals surface area contributed by atoms with Gasteiger partial charge in [-0.05, 0) is 104 Å². The molecule has 0 N–H and O–H groups in total. The van der Waals surface area contributed by atoms with Crippen molar-refractivity contribution >= 4 is 65.7 Å². The summed E-state index contributed by atoms with van der Waals surface area (Å²) >= 11 is 0. The van der Waals surface area contributed by atoms with Crippen molar-refractivity contribution in [1.82, 2.24) is 4.57 Å². The van der Waals surface area contributed by atoms with E-state index in [9.17, 15) is 0 Å². The van der Waals surface area contributed by atoms with Gasteiger partial charge in [-0.3, -0.25) is 0 Å². The molecule has 250 valence electrons. The van der Waals surface area contributed by atoms with Gasteiger partial charge in [-0.2, -0.15) is 0 Å². The highest BCUT2D eigenvalue weighted by Gasteiger charge is 2.17. The summed E-state index contributed by atoms with van der Waals surface area (Å²) in [7, 11) is 0. The Hall–Kier alpha value is -6.06. The van der Waals surface area contributed by atoms with Crippen molar-refractivity contribution in [2.75, 3.05) is 0 Å². The van der Waals surface area contributed by atoms with Crippen molar-refractivity contribution < 1.29 is 8.83 Å². The quantitative estimate of drug-likeness (QED) is 0.184. The van der Waals surface area contributed by atoms with Crippen LogP contribution in [0.1, 0.15) is 37.0 Å². The lowest BCUT2D eigenvalue weighted by Crippen LogP contribution is -1.94. The second-order valence-electron chi connectivity index (χ2n) is 13.4. The van der Waals surface area contributed by atoms with E-state index in [-0.39, 0.29) is 0 Å². The fraction of sp³-hybridized carbons (Fsp3) is 0.125. The molecule has 0 fully saturated rings. The largest absolute Gasteiger partial charge is 0.456 e. The first-order chi connectivity index (χ1) is 24.9. The van der Waals surface area contributed by atoms with Gasteiger partial charge in [0.25, 0.3) is 0 Å². The van der Waals surface area contributed by atoms with Crippen LogP contribution in [0.2, 0.25) is 0 Å². The molecule has 10 rings (SSSR count). The smallest absolute Gasteiger partial charge is 0.135 e. The van der Waals surface area contributed by atoms with E-state index < -0.39 is 0 Å². The van der Waals surface area contributed by atoms with E-state index in [4.69, 9.17) is 8.83 Å². The van der Waals surface area contributed by atoms with Gasteiger partial charge in [0, 0.05) is 38.0 Å². The zero-order valence-electron chi connectivity index (χ0n) is 29.8. The number of benzene rings is 7. The Labute approximate surface area is 298 Å². The molecular formula is C48H41NO2. The summed E-state index contributed by atoms with van der Waals surface area (Å²) in [6.45, 7) is 10.8. The Bertz CT molecular complexity index is 2840. The van der Waals surface area contributed by atoms with Crippen molar-refractivity contribution in [3.05, 3.63) is 162 Å². The maximum atomic E-state index is 6.09. The zero-order valence-corrected chi connectivity index (χ0v) is 29.8. The summed E-state index contributed by atoms with van der Waals surface area (Å²) in [4.78, 5) is 0. The number of aromatic nitrogens is 1. The van der Waals surface area contributed by atoms with Gasteiger partial charge in [0.05, 0.1) is 11.0 Å². The molecule has 0 aliphatic rings. The molecule has 3 aromatic heterocycles. The molecule has 0 aliphatic carbocycles. The number of furan rings is 2. The first-order valence-electron chi connectivity index (χ1n) is 17.8. The van der Waals surface area contributed by atoms with Crippen molar-refractivity contribution in [3.63, 3.8) is 0 Å². The minimum atomic E-state index is 0.920. The van der Waals surface area contributed by atoms with Crippen LogP contribution >= 0.6 is 0 Å². The number of hydrogen-bond donors (Lipinski definition) is 0. The number of nitrogens with zero attached hydrogens (tertiary/aromatic N) is 1. The van der Waals surface area contributed by atoms with Gasteiger partial charge in [0.1, 0.15) is 22.3 Å². The van der Waals surface area contributed by atoms with Crippen molar-refractivity contribution in [2.24, 2.45) is 0 Å². The van der Waals surface area contributed by atoms with Gasteiger partial charge in [-0.25, -0.2) is 0 Å². The van der Waals surface area contributed by atoms with Crippen LogP contribution in [0.25, 0.3) is 82.5 Å². The van der Waals surface area contributed by atoms with Crippen molar-refractivity contribution in [2.45, 2.75) is 41.0 Å². The first kappa shape index (κ1) is 32.2. The molecule has 10 aromatic rings. The third-order valence-corrected chi connectivity index (χ3v) is 9.60. The van der Waals surface area contributed by atoms with Crippen LogP contribution in [0.3, 0.4) is 0 Å². The van der Waals surface area contributed by atoms with Gasteiger partial charge in [-0.1, -0.05) is 111 Å². The molecule has 51 heavy (non-hydrogen) atoms. The summed E-state index contributed by atoms with van der Waals surface area (Å²) in [6.07, 6.45) is 1.25. The predicted molar refractivity (Wildman–Crippen MR) is 217 cm³/mol. The number of para-hydroxylation sites is 3. The lowest BCUT2D eigenvalue weighted by atomic mass is 9.95. The molecule has 0 radical (unpaired) electrons. The SMILES string of the molecule is CCC.Cc1ccc2oc3ccccc3c2c1.Cc1ccccc1-c1cc2c3ccccc3n(-c3ccc4oc5ccccc5c4c3)c2cc1C. The van der Waals surface area contributed by atoms with Crippen LogP contribution in [0, 0.1) is 20.8 Å². The number of aryl methyl sites for hydroxylation is 3. The normalized spacial score (nSPS) is 11.3. The summed E-state index contributed by atoms with van der Waals surface area (Å²) < 4.78 is 14.2. The van der Waals surface area contributed by atoms with E-state index >= 15 is 0 Å². The second kappa shape index (κ2) is 13.3. The molecular weight excluding hydrogens is 623 g/mol. The van der Waals surface area contributed by atoms with E-state index in [1.165, 1.54) is 66.8 Å². The summed E-state index contributed by atoms with van der Waals surface area (Å²) in [5.74, 6) is 0. The van der Waals surface area contributed by atoms with Crippen LogP contribution < -0.4 is 0 Å². The number of hydrogen-bond acceptors (Lipinski definition) is 2. The van der Waals surface area contributed by atoms with E-state index in [0.717, 1.165) is 38.8 Å². The lowest BCUT2D eigenvalue weighted by molar-refractivity contribution is 0.668. The van der Waals surface area contributed by atoms with Gasteiger partial charge in [0.2, 0.25) is 0 Å². The Kier molecular flexibility index (Phi) is 8.41. The molecule has 0 spiro atoms. The molecule has 3 heterocycles. The maximum absolute atomic E-state index is 6.09. The molecule has 0 bridgehead atoms. The summed E-state index contributed by atoms with van der Waals surface area (Å²) in [5, 5.41) is 7.25. The third-order valence-electron chi connectivity index (χ3n) is 9.60. The van der Waals surface area contributed by atoms with E-state index in [1.807, 2.05) is 36.4 Å². The zero-order chi connectivity index (χ0) is 35.1. The minimum absolute atomic E-state index is 0.920. The molecule has 0 unspecified atom stereocenters. The molecule has 0 amide bonds. The second-order valence-corrected chi connectivity index (χ2v) is 13.4. The minimum Gasteiger partial charge on any atom is -0.456 e. The summed E-state index contributed by atoms with van der Waals surface area (Å²) in [6, 6.07) is 51.3. The topological polar surface area (TPSA) is 31.2 Å². The van der Waals surface area contributed by atoms with Crippen LogP contribution in [-0.2, 0) is 0 Å². The highest BCUT2D eigenvalue weighted by Crippen LogP contribution is 2.39. The van der Waals surface area contributed by atoms with Gasteiger partial charge in [0.15, 0.2) is 0 Å². The van der Waals surface area contributed by atoms with Gasteiger partial charge >= 0.3 is 0 Å². The average Bonchev–Trinajstić information content (AvgIpc) is 3.81. The molecule has 7 aromatic carbocycles. The van der Waals surface area contributed by atoms with Crippen LogP contribution in [0.4, 0.5) is 0 Å². The van der Waals surface area contributed by atoms with E-state index in [0.29, 0.717) is 0 Å². The van der Waals surface area contributed by atoms with E-state index in [1.54, 1.807) is 0 Å².